The highest BCUT2D eigenvalue weighted by molar-refractivity contribution is 7.73. The van der Waals surface area contributed by atoms with Gasteiger partial charge in [0, 0.05) is 20.3 Å². The average molecular weight is 317 g/mol. The Hall–Kier alpha value is -0.960. The SMILES string of the molecule is COCCNC(=O)c1sc(=S)n(C[C@H]2CCCO2)c1N. The molecule has 1 saturated heterocycles. The lowest BCUT2D eigenvalue weighted by atomic mass is 10.2. The molecule has 8 heteroatoms. The van der Waals surface area contributed by atoms with Gasteiger partial charge in [-0.1, -0.05) is 11.3 Å². The zero-order chi connectivity index (χ0) is 14.5. The first kappa shape index (κ1) is 15.4. The highest BCUT2D eigenvalue weighted by Crippen LogP contribution is 2.24. The van der Waals surface area contributed by atoms with Crippen LogP contribution in [0.5, 0.6) is 0 Å². The van der Waals surface area contributed by atoms with Gasteiger partial charge in [-0.2, -0.15) is 0 Å². The van der Waals surface area contributed by atoms with Gasteiger partial charge < -0.3 is 25.1 Å². The summed E-state index contributed by atoms with van der Waals surface area (Å²) < 4.78 is 12.9. The summed E-state index contributed by atoms with van der Waals surface area (Å²) >= 11 is 6.53. The standard InChI is InChI=1S/C12H19N3O3S2/c1-17-6-4-14-11(16)9-10(13)15(12(19)20-9)7-8-3-2-5-18-8/h8H,2-7,13H2,1H3,(H,14,16)/t8-/m1/s1. The number of carbonyl (C=O) groups is 1. The molecule has 112 valence electrons. The van der Waals surface area contributed by atoms with Crippen molar-refractivity contribution in [3.8, 4) is 0 Å². The Balaban J connectivity index is 2.07. The largest absolute Gasteiger partial charge is 0.384 e. The summed E-state index contributed by atoms with van der Waals surface area (Å²) in [5.41, 5.74) is 6.05. The van der Waals surface area contributed by atoms with Crippen LogP contribution < -0.4 is 11.1 Å². The summed E-state index contributed by atoms with van der Waals surface area (Å²) in [6, 6.07) is 0. The summed E-state index contributed by atoms with van der Waals surface area (Å²) in [7, 11) is 1.59. The Bertz CT molecular complexity index is 521. The van der Waals surface area contributed by atoms with Gasteiger partial charge in [-0.15, -0.1) is 0 Å². The number of amides is 1. The van der Waals surface area contributed by atoms with Crippen LogP contribution in [0.4, 0.5) is 5.82 Å². The third-order valence-corrected chi connectivity index (χ3v) is 4.61. The lowest BCUT2D eigenvalue weighted by Crippen LogP contribution is -2.27. The fraction of sp³-hybridized carbons (Fsp3) is 0.667. The van der Waals surface area contributed by atoms with Crippen LogP contribution in [0.3, 0.4) is 0 Å². The van der Waals surface area contributed by atoms with Crippen molar-refractivity contribution >= 4 is 35.3 Å². The van der Waals surface area contributed by atoms with Gasteiger partial charge in [-0.25, -0.2) is 0 Å². The first-order valence-electron chi connectivity index (χ1n) is 6.51. The molecule has 1 aliphatic rings. The third kappa shape index (κ3) is 3.57. The van der Waals surface area contributed by atoms with Crippen molar-refractivity contribution in [2.75, 3.05) is 32.6 Å². The molecule has 1 amide bonds. The summed E-state index contributed by atoms with van der Waals surface area (Å²) in [6.07, 6.45) is 2.21. The van der Waals surface area contributed by atoms with Crippen LogP contribution in [-0.4, -0.2) is 43.4 Å². The van der Waals surface area contributed by atoms with E-state index >= 15 is 0 Å². The monoisotopic (exact) mass is 317 g/mol. The van der Waals surface area contributed by atoms with Crippen molar-refractivity contribution in [1.82, 2.24) is 9.88 Å². The number of aromatic nitrogens is 1. The van der Waals surface area contributed by atoms with E-state index in [1.165, 1.54) is 11.3 Å². The normalized spacial score (nSPS) is 18.4. The van der Waals surface area contributed by atoms with E-state index in [9.17, 15) is 4.79 Å². The molecule has 1 fully saturated rings. The molecule has 0 bridgehead atoms. The maximum atomic E-state index is 12.0. The van der Waals surface area contributed by atoms with Crippen molar-refractivity contribution in [1.29, 1.82) is 0 Å². The molecule has 6 nitrogen and oxygen atoms in total. The maximum Gasteiger partial charge on any atom is 0.265 e. The fourth-order valence-corrected chi connectivity index (χ4v) is 3.35. The number of anilines is 1. The molecule has 20 heavy (non-hydrogen) atoms. The number of hydrogen-bond donors (Lipinski definition) is 2. The van der Waals surface area contributed by atoms with E-state index in [1.807, 2.05) is 0 Å². The summed E-state index contributed by atoms with van der Waals surface area (Å²) in [5, 5.41) is 2.75. The molecular formula is C12H19N3O3S2. The first-order chi connectivity index (χ1) is 9.63. The smallest absolute Gasteiger partial charge is 0.265 e. The Labute approximate surface area is 126 Å². The Kier molecular flexibility index (Phi) is 5.53. The number of nitrogens with zero attached hydrogens (tertiary/aromatic N) is 1. The molecular weight excluding hydrogens is 298 g/mol. The predicted octanol–water partition coefficient (Wildman–Crippen LogP) is 1.42. The number of ether oxygens (including phenoxy) is 2. The van der Waals surface area contributed by atoms with Crippen molar-refractivity contribution in [2.45, 2.75) is 25.5 Å². The molecule has 1 aromatic heterocycles. The number of hydrogen-bond acceptors (Lipinski definition) is 6. The lowest BCUT2D eigenvalue weighted by Gasteiger charge is -2.12. The van der Waals surface area contributed by atoms with Crippen molar-refractivity contribution < 1.29 is 14.3 Å². The van der Waals surface area contributed by atoms with E-state index in [-0.39, 0.29) is 12.0 Å². The molecule has 1 atom stereocenters. The van der Waals surface area contributed by atoms with Gasteiger partial charge >= 0.3 is 0 Å². The second kappa shape index (κ2) is 7.16. The minimum atomic E-state index is -0.207. The number of methoxy groups -OCH3 is 1. The summed E-state index contributed by atoms with van der Waals surface area (Å²) in [5.74, 6) is 0.215. The topological polar surface area (TPSA) is 78.5 Å². The van der Waals surface area contributed by atoms with Crippen LogP contribution in [0, 0.1) is 3.95 Å². The number of nitrogens with two attached hydrogens (primary N) is 1. The second-order valence-electron chi connectivity index (χ2n) is 4.58. The van der Waals surface area contributed by atoms with Crippen LogP contribution in [-0.2, 0) is 16.0 Å². The summed E-state index contributed by atoms with van der Waals surface area (Å²) in [6.45, 7) is 2.32. The van der Waals surface area contributed by atoms with Crippen LogP contribution in [0.2, 0.25) is 0 Å². The molecule has 1 aliphatic heterocycles. The highest BCUT2D eigenvalue weighted by Gasteiger charge is 2.21. The van der Waals surface area contributed by atoms with Gasteiger partial charge in [0.1, 0.15) is 10.7 Å². The fourth-order valence-electron chi connectivity index (χ4n) is 2.09. The lowest BCUT2D eigenvalue weighted by molar-refractivity contribution is 0.0935. The molecule has 0 aliphatic carbocycles. The van der Waals surface area contributed by atoms with E-state index in [0.717, 1.165) is 19.4 Å². The average Bonchev–Trinajstić information content (AvgIpc) is 3.02. The quantitative estimate of drug-likeness (QED) is 0.613. The van der Waals surface area contributed by atoms with Gasteiger partial charge in [0.2, 0.25) is 0 Å². The highest BCUT2D eigenvalue weighted by atomic mass is 32.1. The molecule has 2 heterocycles. The van der Waals surface area contributed by atoms with Crippen molar-refractivity contribution in [2.24, 2.45) is 0 Å². The second-order valence-corrected chi connectivity index (χ2v) is 6.22. The van der Waals surface area contributed by atoms with Crippen molar-refractivity contribution in [3.63, 3.8) is 0 Å². The van der Waals surface area contributed by atoms with Gasteiger partial charge in [0.05, 0.1) is 19.3 Å². The predicted molar refractivity (Wildman–Crippen MR) is 80.7 cm³/mol. The van der Waals surface area contributed by atoms with E-state index in [0.29, 0.717) is 34.3 Å². The summed E-state index contributed by atoms with van der Waals surface area (Å²) in [4.78, 5) is 12.5. The molecule has 3 N–H and O–H groups in total. The zero-order valence-corrected chi connectivity index (χ0v) is 13.0. The van der Waals surface area contributed by atoms with Crippen molar-refractivity contribution in [3.05, 3.63) is 8.83 Å². The number of thiazole rings is 1. The Morgan fingerprint density at radius 3 is 3.15 bits per heavy atom. The van der Waals surface area contributed by atoms with Crippen LogP contribution in [0.25, 0.3) is 0 Å². The van der Waals surface area contributed by atoms with E-state index < -0.39 is 0 Å². The van der Waals surface area contributed by atoms with Gasteiger partial charge in [-0.05, 0) is 25.1 Å². The number of rotatable bonds is 6. The van der Waals surface area contributed by atoms with E-state index in [1.54, 1.807) is 11.7 Å². The van der Waals surface area contributed by atoms with Gasteiger partial charge in [-0.3, -0.25) is 4.79 Å². The molecule has 1 aromatic rings. The zero-order valence-electron chi connectivity index (χ0n) is 11.4. The number of nitrogen functional groups attached to an aromatic ring is 1. The number of carbonyl (C=O) groups excluding carboxylic acids is 1. The van der Waals surface area contributed by atoms with Gasteiger partial charge in [0.25, 0.3) is 5.91 Å². The molecule has 0 aromatic carbocycles. The first-order valence-corrected chi connectivity index (χ1v) is 7.73. The maximum absolute atomic E-state index is 12.0. The Morgan fingerprint density at radius 2 is 2.50 bits per heavy atom. The van der Waals surface area contributed by atoms with Crippen LogP contribution in [0.1, 0.15) is 22.5 Å². The van der Waals surface area contributed by atoms with E-state index in [4.69, 9.17) is 27.4 Å². The molecule has 0 unspecified atom stereocenters. The number of nitrogens with one attached hydrogen (secondary N) is 1. The van der Waals surface area contributed by atoms with E-state index in [2.05, 4.69) is 5.32 Å². The molecule has 0 saturated carbocycles. The minimum Gasteiger partial charge on any atom is -0.384 e. The molecule has 0 spiro atoms. The Morgan fingerprint density at radius 1 is 1.70 bits per heavy atom. The minimum absolute atomic E-state index is 0.142. The molecule has 2 rings (SSSR count). The third-order valence-electron chi connectivity index (χ3n) is 3.14. The van der Waals surface area contributed by atoms with Crippen LogP contribution >= 0.6 is 23.6 Å². The van der Waals surface area contributed by atoms with Crippen LogP contribution in [0.15, 0.2) is 0 Å². The molecule has 0 radical (unpaired) electrons. The van der Waals surface area contributed by atoms with Gasteiger partial charge in [0.15, 0.2) is 3.95 Å².